The minimum atomic E-state index is -0.273. The Morgan fingerprint density at radius 2 is 1.65 bits per heavy atom. The number of hydrogen-bond acceptors (Lipinski definition) is 3. The molecule has 1 aromatic rings. The second-order valence-corrected chi connectivity index (χ2v) is 6.37. The van der Waals surface area contributed by atoms with Gasteiger partial charge in [-0.15, -0.1) is 0 Å². The van der Waals surface area contributed by atoms with Gasteiger partial charge in [-0.25, -0.2) is 0 Å². The lowest BCUT2D eigenvalue weighted by molar-refractivity contribution is -0.130. The summed E-state index contributed by atoms with van der Waals surface area (Å²) in [5.74, 6) is 0.292. The van der Waals surface area contributed by atoms with Crippen LogP contribution in [0.25, 0.3) is 0 Å². The van der Waals surface area contributed by atoms with Gasteiger partial charge in [0.1, 0.15) is 5.41 Å². The molecule has 4 heteroatoms. The molecule has 2 aliphatic rings. The van der Waals surface area contributed by atoms with Gasteiger partial charge in [0.15, 0.2) is 0 Å². The molecule has 4 nitrogen and oxygen atoms in total. The van der Waals surface area contributed by atoms with Crippen LogP contribution in [0.5, 0.6) is 0 Å². The zero-order valence-corrected chi connectivity index (χ0v) is 12.9. The van der Waals surface area contributed by atoms with Crippen LogP contribution >= 0.6 is 0 Å². The molecule has 2 heterocycles. The van der Waals surface area contributed by atoms with Gasteiger partial charge in [0, 0.05) is 30.9 Å². The van der Waals surface area contributed by atoms with Gasteiger partial charge in [-0.05, 0) is 39.3 Å². The Morgan fingerprint density at radius 1 is 1.05 bits per heavy atom. The van der Waals surface area contributed by atoms with Crippen LogP contribution in [0.1, 0.15) is 33.3 Å². The highest BCUT2D eigenvalue weighted by atomic mass is 16.2. The standard InChI is InChI=1S/C16H22N2O.H3N/c1-11(2)17-9-16(10-17)13-7-5-6-8-14(13)18(12(3)4)15(16)19;/h5-8,11-12H,9-10H2,1-4H3;1H3. The Morgan fingerprint density at radius 3 is 2.20 bits per heavy atom. The van der Waals surface area contributed by atoms with Gasteiger partial charge < -0.3 is 11.1 Å². The number of amides is 1. The summed E-state index contributed by atoms with van der Waals surface area (Å²) in [4.78, 5) is 17.2. The summed E-state index contributed by atoms with van der Waals surface area (Å²) >= 11 is 0. The molecule has 1 amide bonds. The largest absolute Gasteiger partial charge is 0.344 e. The smallest absolute Gasteiger partial charge is 0.240 e. The van der Waals surface area contributed by atoms with Crippen molar-refractivity contribution in [3.05, 3.63) is 29.8 Å². The first kappa shape index (κ1) is 15.0. The molecule has 3 N–H and O–H groups in total. The van der Waals surface area contributed by atoms with Gasteiger partial charge in [0.05, 0.1) is 0 Å². The Hall–Kier alpha value is -1.39. The third kappa shape index (κ3) is 1.79. The van der Waals surface area contributed by atoms with Gasteiger partial charge in [-0.3, -0.25) is 9.69 Å². The van der Waals surface area contributed by atoms with Gasteiger partial charge in [-0.1, -0.05) is 18.2 Å². The highest BCUT2D eigenvalue weighted by Gasteiger charge is 2.58. The number of nitrogens with zero attached hydrogens (tertiary/aromatic N) is 2. The zero-order chi connectivity index (χ0) is 13.8. The van der Waals surface area contributed by atoms with E-state index in [0.29, 0.717) is 11.9 Å². The van der Waals surface area contributed by atoms with Crippen LogP contribution in [0, 0.1) is 0 Å². The maximum Gasteiger partial charge on any atom is 0.240 e. The summed E-state index contributed by atoms with van der Waals surface area (Å²) < 4.78 is 0. The van der Waals surface area contributed by atoms with Crippen molar-refractivity contribution in [2.45, 2.75) is 45.2 Å². The van der Waals surface area contributed by atoms with E-state index in [1.807, 2.05) is 11.0 Å². The molecule has 20 heavy (non-hydrogen) atoms. The summed E-state index contributed by atoms with van der Waals surface area (Å²) in [6, 6.07) is 9.03. The van der Waals surface area contributed by atoms with E-state index in [1.54, 1.807) is 0 Å². The van der Waals surface area contributed by atoms with Crippen LogP contribution < -0.4 is 11.1 Å². The first-order valence-corrected chi connectivity index (χ1v) is 7.14. The van der Waals surface area contributed by atoms with E-state index in [9.17, 15) is 4.79 Å². The van der Waals surface area contributed by atoms with Crippen LogP contribution in [-0.4, -0.2) is 36.0 Å². The molecular formula is C16H25N3O. The molecule has 110 valence electrons. The summed E-state index contributed by atoms with van der Waals surface area (Å²) in [6.07, 6.45) is 0. The van der Waals surface area contributed by atoms with Crippen LogP contribution in [0.3, 0.4) is 0 Å². The lowest BCUT2D eigenvalue weighted by atomic mass is 9.74. The molecule has 0 aliphatic carbocycles. The second-order valence-electron chi connectivity index (χ2n) is 6.37. The number of benzene rings is 1. The number of likely N-dealkylation sites (tertiary alicyclic amines) is 1. The molecular weight excluding hydrogens is 250 g/mol. The first-order valence-electron chi connectivity index (χ1n) is 7.14. The van der Waals surface area contributed by atoms with Gasteiger partial charge >= 0.3 is 0 Å². The van der Waals surface area contributed by atoms with E-state index < -0.39 is 0 Å². The lowest BCUT2D eigenvalue weighted by Crippen LogP contribution is -2.65. The highest BCUT2D eigenvalue weighted by molar-refractivity contribution is 6.09. The SMILES string of the molecule is CC(C)N1CC2(C1)C(=O)N(C(C)C)c1ccccc12.N. The molecule has 0 unspecified atom stereocenters. The number of para-hydroxylation sites is 1. The Kier molecular flexibility index (Phi) is 3.65. The maximum absolute atomic E-state index is 12.9. The monoisotopic (exact) mass is 275 g/mol. The van der Waals surface area contributed by atoms with Gasteiger partial charge in [-0.2, -0.15) is 0 Å². The molecule has 0 bridgehead atoms. The molecule has 1 saturated heterocycles. The number of rotatable bonds is 2. The number of anilines is 1. The van der Waals surface area contributed by atoms with Crippen LogP contribution in [0.15, 0.2) is 24.3 Å². The second kappa shape index (κ2) is 4.86. The van der Waals surface area contributed by atoms with Crippen molar-refractivity contribution >= 4 is 11.6 Å². The molecule has 0 radical (unpaired) electrons. The number of fused-ring (bicyclic) bond motifs is 2. The maximum atomic E-state index is 12.9. The minimum absolute atomic E-state index is 0. The Labute approximate surface area is 121 Å². The Bertz CT molecular complexity index is 518. The fraction of sp³-hybridized carbons (Fsp3) is 0.562. The quantitative estimate of drug-likeness (QED) is 0.902. The predicted octanol–water partition coefficient (Wildman–Crippen LogP) is 2.57. The molecule has 1 spiro atoms. The number of hydrogen-bond donors (Lipinski definition) is 1. The molecule has 2 aliphatic heterocycles. The van der Waals surface area contributed by atoms with E-state index in [-0.39, 0.29) is 17.6 Å². The third-order valence-corrected chi connectivity index (χ3v) is 4.50. The van der Waals surface area contributed by atoms with E-state index in [0.717, 1.165) is 18.8 Å². The fourth-order valence-corrected chi connectivity index (χ4v) is 3.37. The Balaban J connectivity index is 0.00000147. The molecule has 1 fully saturated rings. The van der Waals surface area contributed by atoms with Gasteiger partial charge in [0.25, 0.3) is 0 Å². The molecule has 0 atom stereocenters. The van der Waals surface area contributed by atoms with Crippen molar-refractivity contribution in [1.29, 1.82) is 0 Å². The van der Waals surface area contributed by atoms with Crippen LogP contribution in [0.2, 0.25) is 0 Å². The fourth-order valence-electron chi connectivity index (χ4n) is 3.37. The number of carbonyl (C=O) groups excluding carboxylic acids is 1. The summed E-state index contributed by atoms with van der Waals surface area (Å²) in [5, 5.41) is 0. The van der Waals surface area contributed by atoms with Crippen molar-refractivity contribution in [2.75, 3.05) is 18.0 Å². The molecule has 3 rings (SSSR count). The zero-order valence-electron chi connectivity index (χ0n) is 12.9. The van der Waals surface area contributed by atoms with E-state index in [1.165, 1.54) is 5.56 Å². The van der Waals surface area contributed by atoms with E-state index in [4.69, 9.17) is 0 Å². The molecule has 0 saturated carbocycles. The predicted molar refractivity (Wildman–Crippen MR) is 82.5 cm³/mol. The van der Waals surface area contributed by atoms with Crippen LogP contribution in [0.4, 0.5) is 5.69 Å². The van der Waals surface area contributed by atoms with Crippen molar-refractivity contribution in [3.63, 3.8) is 0 Å². The average molecular weight is 275 g/mol. The van der Waals surface area contributed by atoms with Crippen molar-refractivity contribution in [3.8, 4) is 0 Å². The summed E-state index contributed by atoms with van der Waals surface area (Å²) in [5.41, 5.74) is 2.07. The molecule has 1 aromatic carbocycles. The molecule has 0 aromatic heterocycles. The topological polar surface area (TPSA) is 58.6 Å². The summed E-state index contributed by atoms with van der Waals surface area (Å²) in [7, 11) is 0. The first-order chi connectivity index (χ1) is 8.97. The number of carbonyl (C=O) groups is 1. The average Bonchev–Trinajstić information content (AvgIpc) is 2.55. The van der Waals surface area contributed by atoms with Crippen molar-refractivity contribution in [1.82, 2.24) is 11.1 Å². The third-order valence-electron chi connectivity index (χ3n) is 4.50. The van der Waals surface area contributed by atoms with E-state index in [2.05, 4.69) is 50.8 Å². The lowest BCUT2D eigenvalue weighted by Gasteiger charge is -2.49. The normalized spacial score (nSPS) is 20.3. The highest BCUT2D eigenvalue weighted by Crippen LogP contribution is 2.48. The summed E-state index contributed by atoms with van der Waals surface area (Å²) in [6.45, 7) is 10.3. The van der Waals surface area contributed by atoms with Crippen molar-refractivity contribution in [2.24, 2.45) is 0 Å². The van der Waals surface area contributed by atoms with E-state index >= 15 is 0 Å². The van der Waals surface area contributed by atoms with Crippen molar-refractivity contribution < 1.29 is 4.79 Å². The van der Waals surface area contributed by atoms with Crippen LogP contribution in [-0.2, 0) is 10.2 Å². The minimum Gasteiger partial charge on any atom is -0.344 e. The van der Waals surface area contributed by atoms with Gasteiger partial charge in [0.2, 0.25) is 5.91 Å².